The molecule has 96 valence electrons. The van der Waals surface area contributed by atoms with Gasteiger partial charge >= 0.3 is 0 Å². The van der Waals surface area contributed by atoms with E-state index in [2.05, 4.69) is 13.8 Å². The quantitative estimate of drug-likeness (QED) is 0.862. The van der Waals surface area contributed by atoms with Crippen LogP contribution in [0.4, 0.5) is 0 Å². The zero-order valence-electron chi connectivity index (χ0n) is 10.4. The van der Waals surface area contributed by atoms with Crippen LogP contribution in [0.5, 0.6) is 5.75 Å². The van der Waals surface area contributed by atoms with E-state index in [4.69, 9.17) is 16.3 Å². The van der Waals surface area contributed by atoms with Gasteiger partial charge in [-0.25, -0.2) is 0 Å². The SMILES string of the molecule is COc1ccc(Cl)cc1CC(O)CSC(C)C. The first-order chi connectivity index (χ1) is 8.02. The minimum Gasteiger partial charge on any atom is -0.496 e. The van der Waals surface area contributed by atoms with Crippen molar-refractivity contribution in [1.29, 1.82) is 0 Å². The number of methoxy groups -OCH3 is 1. The molecule has 0 aromatic heterocycles. The van der Waals surface area contributed by atoms with Gasteiger partial charge in [0.1, 0.15) is 5.75 Å². The van der Waals surface area contributed by atoms with Crippen LogP contribution in [0, 0.1) is 0 Å². The lowest BCUT2D eigenvalue weighted by Crippen LogP contribution is -2.15. The van der Waals surface area contributed by atoms with E-state index in [0.717, 1.165) is 17.1 Å². The molecule has 0 amide bonds. The Labute approximate surface area is 112 Å². The molecule has 0 spiro atoms. The van der Waals surface area contributed by atoms with E-state index in [9.17, 15) is 5.11 Å². The van der Waals surface area contributed by atoms with E-state index >= 15 is 0 Å². The largest absolute Gasteiger partial charge is 0.496 e. The van der Waals surface area contributed by atoms with Gasteiger partial charge in [0.2, 0.25) is 0 Å². The minimum atomic E-state index is -0.366. The van der Waals surface area contributed by atoms with Crippen molar-refractivity contribution in [1.82, 2.24) is 0 Å². The zero-order chi connectivity index (χ0) is 12.8. The Morgan fingerprint density at radius 2 is 2.12 bits per heavy atom. The molecule has 0 bridgehead atoms. The molecule has 1 unspecified atom stereocenters. The molecule has 1 aromatic carbocycles. The second-order valence-corrected chi connectivity index (χ2v) is 6.24. The summed E-state index contributed by atoms with van der Waals surface area (Å²) < 4.78 is 5.25. The predicted molar refractivity (Wildman–Crippen MR) is 75.3 cm³/mol. The van der Waals surface area contributed by atoms with E-state index in [1.807, 2.05) is 12.1 Å². The van der Waals surface area contributed by atoms with Crippen LogP contribution in [0.1, 0.15) is 19.4 Å². The van der Waals surface area contributed by atoms with Gasteiger partial charge in [0.05, 0.1) is 13.2 Å². The first kappa shape index (κ1) is 14.7. The van der Waals surface area contributed by atoms with Crippen LogP contribution in [0.15, 0.2) is 18.2 Å². The van der Waals surface area contributed by atoms with Gasteiger partial charge < -0.3 is 9.84 Å². The monoisotopic (exact) mass is 274 g/mol. The van der Waals surface area contributed by atoms with Gasteiger partial charge in [0.25, 0.3) is 0 Å². The Kier molecular flexibility index (Phi) is 6.17. The van der Waals surface area contributed by atoms with Crippen LogP contribution in [0.3, 0.4) is 0 Å². The van der Waals surface area contributed by atoms with Crippen LogP contribution in [0.2, 0.25) is 5.02 Å². The number of aliphatic hydroxyl groups is 1. The molecule has 0 aliphatic carbocycles. The summed E-state index contributed by atoms with van der Waals surface area (Å²) in [7, 11) is 1.63. The first-order valence-corrected chi connectivity index (χ1v) is 7.07. The summed E-state index contributed by atoms with van der Waals surface area (Å²) in [4.78, 5) is 0. The number of ether oxygens (including phenoxy) is 1. The van der Waals surface area contributed by atoms with Gasteiger partial charge in [-0.05, 0) is 29.0 Å². The highest BCUT2D eigenvalue weighted by Crippen LogP contribution is 2.24. The van der Waals surface area contributed by atoms with E-state index in [-0.39, 0.29) is 6.10 Å². The number of thioether (sulfide) groups is 1. The molecular weight excluding hydrogens is 256 g/mol. The summed E-state index contributed by atoms with van der Waals surface area (Å²) in [5.41, 5.74) is 0.955. The number of aliphatic hydroxyl groups excluding tert-OH is 1. The molecule has 0 heterocycles. The molecule has 0 aliphatic heterocycles. The average molecular weight is 275 g/mol. The Bertz CT molecular complexity index is 355. The molecule has 0 aliphatic rings. The van der Waals surface area contributed by atoms with Crippen molar-refractivity contribution < 1.29 is 9.84 Å². The summed E-state index contributed by atoms with van der Waals surface area (Å²) in [5, 5.41) is 11.1. The standard InChI is InChI=1S/C13H19ClO2S/c1-9(2)17-8-12(15)7-10-6-11(14)4-5-13(10)16-3/h4-6,9,12,15H,7-8H2,1-3H3. The van der Waals surface area contributed by atoms with Gasteiger partial charge in [-0.3, -0.25) is 0 Å². The fourth-order valence-corrected chi connectivity index (χ4v) is 2.44. The molecule has 1 N–H and O–H groups in total. The summed E-state index contributed by atoms with van der Waals surface area (Å²) in [5.74, 6) is 1.51. The third-order valence-electron chi connectivity index (χ3n) is 2.32. The van der Waals surface area contributed by atoms with E-state index in [1.54, 1.807) is 24.9 Å². The van der Waals surface area contributed by atoms with Crippen LogP contribution >= 0.6 is 23.4 Å². The Balaban J connectivity index is 2.63. The molecule has 0 radical (unpaired) electrons. The van der Waals surface area contributed by atoms with Gasteiger partial charge in [0, 0.05) is 17.2 Å². The van der Waals surface area contributed by atoms with E-state index < -0.39 is 0 Å². The fourth-order valence-electron chi connectivity index (χ4n) is 1.52. The minimum absolute atomic E-state index is 0.366. The molecule has 0 saturated carbocycles. The fraction of sp³-hybridized carbons (Fsp3) is 0.538. The van der Waals surface area contributed by atoms with Gasteiger partial charge in [0.15, 0.2) is 0 Å². The molecule has 1 aromatic rings. The van der Waals surface area contributed by atoms with E-state index in [1.165, 1.54) is 0 Å². The van der Waals surface area contributed by atoms with Crippen molar-refractivity contribution in [3.63, 3.8) is 0 Å². The lowest BCUT2D eigenvalue weighted by Gasteiger charge is -2.14. The van der Waals surface area contributed by atoms with Crippen LogP contribution in [-0.2, 0) is 6.42 Å². The van der Waals surface area contributed by atoms with E-state index in [0.29, 0.717) is 16.7 Å². The third kappa shape index (κ3) is 5.19. The van der Waals surface area contributed by atoms with Gasteiger partial charge in [-0.15, -0.1) is 0 Å². The molecule has 0 saturated heterocycles. The highest BCUT2D eigenvalue weighted by atomic mass is 35.5. The summed E-state index contributed by atoms with van der Waals surface area (Å²) in [6.07, 6.45) is 0.207. The molecule has 1 rings (SSSR count). The number of benzene rings is 1. The van der Waals surface area contributed by atoms with Crippen LogP contribution in [-0.4, -0.2) is 29.3 Å². The number of rotatable bonds is 6. The highest BCUT2D eigenvalue weighted by Gasteiger charge is 2.11. The van der Waals surface area contributed by atoms with Crippen molar-refractivity contribution in [2.24, 2.45) is 0 Å². The zero-order valence-corrected chi connectivity index (χ0v) is 12.0. The second-order valence-electron chi connectivity index (χ2n) is 4.20. The summed E-state index contributed by atoms with van der Waals surface area (Å²) in [6.45, 7) is 4.24. The number of halogens is 1. The Hall–Kier alpha value is -0.380. The number of hydrogen-bond acceptors (Lipinski definition) is 3. The summed E-state index contributed by atoms with van der Waals surface area (Å²) >= 11 is 7.69. The molecule has 4 heteroatoms. The highest BCUT2D eigenvalue weighted by molar-refractivity contribution is 7.99. The summed E-state index contributed by atoms with van der Waals surface area (Å²) in [6, 6.07) is 5.47. The second kappa shape index (κ2) is 7.14. The van der Waals surface area contributed by atoms with Gasteiger partial charge in [-0.1, -0.05) is 25.4 Å². The number of hydrogen-bond donors (Lipinski definition) is 1. The van der Waals surface area contributed by atoms with Crippen LogP contribution in [0.25, 0.3) is 0 Å². The van der Waals surface area contributed by atoms with Crippen molar-refractivity contribution in [3.05, 3.63) is 28.8 Å². The predicted octanol–water partition coefficient (Wildman–Crippen LogP) is 3.39. The average Bonchev–Trinajstić information content (AvgIpc) is 2.27. The molecule has 17 heavy (non-hydrogen) atoms. The van der Waals surface area contributed by atoms with Crippen molar-refractivity contribution in [2.45, 2.75) is 31.6 Å². The Morgan fingerprint density at radius 1 is 1.41 bits per heavy atom. The molecule has 2 nitrogen and oxygen atoms in total. The maximum Gasteiger partial charge on any atom is 0.122 e. The molecule has 0 fully saturated rings. The van der Waals surface area contributed by atoms with Gasteiger partial charge in [-0.2, -0.15) is 11.8 Å². The topological polar surface area (TPSA) is 29.5 Å². The van der Waals surface area contributed by atoms with Crippen molar-refractivity contribution in [2.75, 3.05) is 12.9 Å². The molecule has 1 atom stereocenters. The Morgan fingerprint density at radius 3 is 2.71 bits per heavy atom. The lowest BCUT2D eigenvalue weighted by molar-refractivity contribution is 0.198. The van der Waals surface area contributed by atoms with Crippen molar-refractivity contribution in [3.8, 4) is 5.75 Å². The maximum atomic E-state index is 9.94. The lowest BCUT2D eigenvalue weighted by atomic mass is 10.1. The smallest absolute Gasteiger partial charge is 0.122 e. The maximum absolute atomic E-state index is 9.94. The molecular formula is C13H19ClO2S. The normalized spacial score (nSPS) is 12.8. The van der Waals surface area contributed by atoms with Crippen LogP contribution < -0.4 is 4.74 Å². The van der Waals surface area contributed by atoms with Crippen molar-refractivity contribution >= 4 is 23.4 Å². The third-order valence-corrected chi connectivity index (χ3v) is 3.80. The first-order valence-electron chi connectivity index (χ1n) is 5.65.